The predicted molar refractivity (Wildman–Crippen MR) is 146 cm³/mol. The number of carbonyl (C=O) groups excluding carboxylic acids is 1. The van der Waals surface area contributed by atoms with Crippen LogP contribution in [0.5, 0.6) is 5.75 Å². The molecular formula is C23H28ClN6O6PS. The number of rotatable bonds is 9. The smallest absolute Gasteiger partial charge is 0.323 e. The first-order chi connectivity index (χ1) is 18.1. The van der Waals surface area contributed by atoms with Crippen molar-refractivity contribution >= 4 is 53.1 Å². The molecule has 0 saturated carbocycles. The zero-order valence-electron chi connectivity index (χ0n) is 20.8. The van der Waals surface area contributed by atoms with Crippen molar-refractivity contribution in [2.24, 2.45) is 5.92 Å². The van der Waals surface area contributed by atoms with Crippen LogP contribution in [0.1, 0.15) is 20.1 Å². The number of carbonyl (C=O) groups is 1. The van der Waals surface area contributed by atoms with E-state index in [1.807, 2.05) is 13.0 Å². The number of methoxy groups -OCH3 is 1. The van der Waals surface area contributed by atoms with Crippen LogP contribution in [0.4, 0.5) is 5.95 Å². The maximum Gasteiger partial charge on any atom is 0.323 e. The van der Waals surface area contributed by atoms with E-state index in [9.17, 15) is 9.90 Å². The van der Waals surface area contributed by atoms with E-state index in [-0.39, 0.29) is 23.6 Å². The van der Waals surface area contributed by atoms with E-state index >= 15 is 0 Å². The quantitative estimate of drug-likeness (QED) is 0.147. The number of nitrogens with two attached hydrogens (primary N) is 1. The Balaban J connectivity index is 0.00000195. The van der Waals surface area contributed by atoms with Crippen LogP contribution >= 0.6 is 18.2 Å². The third-order valence-corrected chi connectivity index (χ3v) is 8.40. The summed E-state index contributed by atoms with van der Waals surface area (Å²) in [5.74, 6) is -0.448. The summed E-state index contributed by atoms with van der Waals surface area (Å²) in [5.41, 5.74) is 6.49. The molecule has 12 nitrogen and oxygen atoms in total. The van der Waals surface area contributed by atoms with Gasteiger partial charge < -0.3 is 29.4 Å². The van der Waals surface area contributed by atoms with Gasteiger partial charge in [-0.15, -0.1) is 12.8 Å². The minimum Gasteiger partial charge on any atom is -0.468 e. The Morgan fingerprint density at radius 3 is 2.71 bits per heavy atom. The van der Waals surface area contributed by atoms with Crippen molar-refractivity contribution in [3.8, 4) is 18.6 Å². The highest BCUT2D eigenvalue weighted by molar-refractivity contribution is 8.09. The lowest BCUT2D eigenvalue weighted by atomic mass is 10.0. The molecule has 2 aromatic heterocycles. The number of fused-ring (bicyclic) bond motifs is 1. The standard InChI is InChI=1S/C21H26ClN6O6PS.C2H2/c1-11-16(29)14(33-19(11)28-10-24-15-17(22)25-21(23)26-18(15)28)9-32-35(36,27-12(2)20(30)31-3)34-13-7-5-4-6-8-13;1-2/h4-8,10-12,14,16,19,29H,9H2,1-3H3,(H,27,36)(H2,23,25,26);1-2H/t11-,12?,14+,16?,19+,35?;/m0./s1. The minimum absolute atomic E-state index is 0.00937. The zero-order valence-corrected chi connectivity index (χ0v) is 23.3. The lowest BCUT2D eigenvalue weighted by Gasteiger charge is -2.27. The number of para-hydroxylation sites is 1. The Bertz CT molecular complexity index is 1330. The molecule has 3 unspecified atom stereocenters. The largest absolute Gasteiger partial charge is 0.468 e. The normalized spacial score (nSPS) is 23.1. The topological polar surface area (TPSA) is 156 Å². The summed E-state index contributed by atoms with van der Waals surface area (Å²) >= 11 is 11.8. The molecule has 1 fully saturated rings. The summed E-state index contributed by atoms with van der Waals surface area (Å²) in [5, 5.41) is 14.0. The molecule has 3 heterocycles. The molecule has 1 aliphatic heterocycles. The lowest BCUT2D eigenvalue weighted by Crippen LogP contribution is -2.36. The number of terminal acetylenes is 1. The van der Waals surface area contributed by atoms with Gasteiger partial charge in [0, 0.05) is 5.92 Å². The molecular weight excluding hydrogens is 555 g/mol. The van der Waals surface area contributed by atoms with Gasteiger partial charge in [-0.25, -0.2) is 10.1 Å². The number of nitrogens with one attached hydrogen (secondary N) is 1. The average molecular weight is 583 g/mol. The molecule has 204 valence electrons. The van der Waals surface area contributed by atoms with Crippen molar-refractivity contribution in [1.82, 2.24) is 24.6 Å². The number of benzene rings is 1. The van der Waals surface area contributed by atoms with E-state index in [0.29, 0.717) is 16.9 Å². The molecule has 38 heavy (non-hydrogen) atoms. The van der Waals surface area contributed by atoms with Crippen LogP contribution in [0.3, 0.4) is 0 Å². The molecule has 1 aliphatic rings. The molecule has 0 aliphatic carbocycles. The lowest BCUT2D eigenvalue weighted by molar-refractivity contribution is -0.142. The van der Waals surface area contributed by atoms with E-state index in [1.165, 1.54) is 13.4 Å². The Hall–Kier alpha value is -2.82. The number of hydrogen-bond donors (Lipinski definition) is 3. The highest BCUT2D eigenvalue weighted by Gasteiger charge is 2.44. The van der Waals surface area contributed by atoms with Crippen molar-refractivity contribution in [2.45, 2.75) is 38.3 Å². The van der Waals surface area contributed by atoms with Crippen LogP contribution < -0.4 is 15.3 Å². The Morgan fingerprint density at radius 1 is 1.37 bits per heavy atom. The molecule has 0 amide bonds. The van der Waals surface area contributed by atoms with Crippen LogP contribution in [-0.4, -0.2) is 62.6 Å². The molecule has 6 atom stereocenters. The molecule has 4 N–H and O–H groups in total. The first-order valence-corrected chi connectivity index (χ1v) is 14.3. The summed E-state index contributed by atoms with van der Waals surface area (Å²) in [4.78, 5) is 24.4. The molecule has 15 heteroatoms. The summed E-state index contributed by atoms with van der Waals surface area (Å²) < 4.78 is 24.5. The van der Waals surface area contributed by atoms with E-state index in [4.69, 9.17) is 47.7 Å². The fraction of sp³-hybridized carbons (Fsp3) is 0.391. The highest BCUT2D eigenvalue weighted by atomic mass is 35.5. The third kappa shape index (κ3) is 6.59. The Kier molecular flexibility index (Phi) is 10.0. The fourth-order valence-corrected chi connectivity index (χ4v) is 6.42. The zero-order chi connectivity index (χ0) is 28.0. The maximum absolute atomic E-state index is 12.0. The number of aromatic nitrogens is 4. The van der Waals surface area contributed by atoms with Gasteiger partial charge in [-0.1, -0.05) is 36.7 Å². The molecule has 0 radical (unpaired) electrons. The second-order valence-corrected chi connectivity index (χ2v) is 11.7. The van der Waals surface area contributed by atoms with E-state index in [2.05, 4.69) is 32.9 Å². The fourth-order valence-electron chi connectivity index (χ4n) is 3.78. The van der Waals surface area contributed by atoms with Crippen molar-refractivity contribution < 1.29 is 28.4 Å². The van der Waals surface area contributed by atoms with E-state index < -0.39 is 37.1 Å². The Morgan fingerprint density at radius 2 is 2.05 bits per heavy atom. The van der Waals surface area contributed by atoms with Crippen molar-refractivity contribution in [3.05, 3.63) is 41.8 Å². The minimum atomic E-state index is -3.28. The second kappa shape index (κ2) is 12.8. The van der Waals surface area contributed by atoms with Gasteiger partial charge in [0.2, 0.25) is 5.95 Å². The van der Waals surface area contributed by atoms with Gasteiger partial charge in [0.25, 0.3) is 0 Å². The molecule has 0 spiro atoms. The van der Waals surface area contributed by atoms with E-state index in [0.717, 1.165) is 0 Å². The predicted octanol–water partition coefficient (Wildman–Crippen LogP) is 2.68. The molecule has 3 aromatic rings. The van der Waals surface area contributed by atoms with Crippen molar-refractivity contribution in [3.63, 3.8) is 0 Å². The van der Waals surface area contributed by atoms with Gasteiger partial charge in [0.15, 0.2) is 10.8 Å². The second-order valence-electron chi connectivity index (χ2n) is 8.18. The molecule has 1 saturated heterocycles. The van der Waals surface area contributed by atoms with Crippen LogP contribution in [0.15, 0.2) is 36.7 Å². The van der Waals surface area contributed by atoms with Gasteiger partial charge in [0.05, 0.1) is 26.1 Å². The number of imidazole rings is 1. The average Bonchev–Trinajstić information content (AvgIpc) is 3.44. The maximum atomic E-state index is 12.0. The van der Waals surface area contributed by atoms with E-state index in [1.54, 1.807) is 35.8 Å². The molecule has 4 rings (SSSR count). The van der Waals surface area contributed by atoms with Gasteiger partial charge in [-0.3, -0.25) is 9.36 Å². The number of ether oxygens (including phenoxy) is 2. The number of aliphatic hydroxyl groups is 1. The summed E-state index contributed by atoms with van der Waals surface area (Å²) in [6.07, 6.45) is 7.18. The first kappa shape index (κ1) is 29.7. The molecule has 1 aromatic carbocycles. The van der Waals surface area contributed by atoms with Gasteiger partial charge in [-0.2, -0.15) is 9.97 Å². The van der Waals surface area contributed by atoms with Gasteiger partial charge in [0.1, 0.15) is 29.6 Å². The number of halogens is 1. The summed E-state index contributed by atoms with van der Waals surface area (Å²) in [7, 11) is 1.28. The number of nitrogen functional groups attached to an aromatic ring is 1. The number of hydrogen-bond acceptors (Lipinski definition) is 11. The van der Waals surface area contributed by atoms with Crippen molar-refractivity contribution in [1.29, 1.82) is 0 Å². The first-order valence-electron chi connectivity index (χ1n) is 11.3. The highest BCUT2D eigenvalue weighted by Crippen LogP contribution is 2.47. The summed E-state index contributed by atoms with van der Waals surface area (Å²) in [6.45, 7) is 0.0195. The summed E-state index contributed by atoms with van der Waals surface area (Å²) in [6, 6.07) is 8.04. The number of aliphatic hydroxyl groups excluding tert-OH is 1. The SMILES string of the molecule is C#C.COC(=O)C(C)NP(=S)(OC[C@H]1O[C@@H](n2cnc3c(Cl)nc(N)nc32)[C@@H](C)C1O)Oc1ccccc1. The van der Waals surface area contributed by atoms with Crippen LogP contribution in [0, 0.1) is 18.8 Å². The van der Waals surface area contributed by atoms with Crippen LogP contribution in [0.25, 0.3) is 11.2 Å². The monoisotopic (exact) mass is 582 g/mol. The Labute approximate surface area is 230 Å². The van der Waals surface area contributed by atoms with Crippen LogP contribution in [-0.2, 0) is 30.6 Å². The number of anilines is 1. The number of esters is 1. The van der Waals surface area contributed by atoms with Crippen LogP contribution in [0.2, 0.25) is 5.15 Å². The van der Waals surface area contributed by atoms with Crippen molar-refractivity contribution in [2.75, 3.05) is 19.5 Å². The third-order valence-electron chi connectivity index (χ3n) is 5.64. The van der Waals surface area contributed by atoms with Gasteiger partial charge in [-0.05, 0) is 30.9 Å². The molecule has 0 bridgehead atoms. The number of nitrogens with zero attached hydrogens (tertiary/aromatic N) is 4. The van der Waals surface area contributed by atoms with Gasteiger partial charge >= 0.3 is 12.6 Å².